The minimum Gasteiger partial charge on any atom is -0.454 e. The van der Waals surface area contributed by atoms with Gasteiger partial charge in [-0.15, -0.1) is 23.1 Å². The van der Waals surface area contributed by atoms with Gasteiger partial charge in [-0.1, -0.05) is 5.16 Å². The molecule has 0 saturated heterocycles. The highest BCUT2D eigenvalue weighted by molar-refractivity contribution is 9.11. The fraction of sp³-hybridized carbons (Fsp3) is 0.222. The van der Waals surface area contributed by atoms with E-state index in [0.29, 0.717) is 21.2 Å². The first kappa shape index (κ1) is 19.8. The van der Waals surface area contributed by atoms with Gasteiger partial charge in [-0.3, -0.25) is 4.79 Å². The van der Waals surface area contributed by atoms with Crippen molar-refractivity contribution in [1.82, 2.24) is 10.1 Å². The van der Waals surface area contributed by atoms with Crippen LogP contribution in [0.3, 0.4) is 0 Å². The van der Waals surface area contributed by atoms with Crippen molar-refractivity contribution in [2.24, 2.45) is 0 Å². The van der Waals surface area contributed by atoms with Crippen LogP contribution < -0.4 is 0 Å². The molecule has 0 unspecified atom stereocenters. The summed E-state index contributed by atoms with van der Waals surface area (Å²) in [6.07, 6.45) is 1.61. The second-order valence-electron chi connectivity index (χ2n) is 5.55. The van der Waals surface area contributed by atoms with E-state index in [1.54, 1.807) is 30.5 Å². The monoisotopic (exact) mass is 466 g/mol. The van der Waals surface area contributed by atoms with Gasteiger partial charge in [0.2, 0.25) is 5.78 Å². The normalized spacial score (nSPS) is 10.8. The van der Waals surface area contributed by atoms with E-state index in [9.17, 15) is 9.59 Å². The van der Waals surface area contributed by atoms with E-state index in [-0.39, 0.29) is 12.4 Å². The molecule has 0 bridgehead atoms. The van der Waals surface area contributed by atoms with Gasteiger partial charge < -0.3 is 9.26 Å². The molecule has 0 aliphatic heterocycles. The lowest BCUT2D eigenvalue weighted by atomic mass is 10.2. The van der Waals surface area contributed by atoms with Crippen molar-refractivity contribution < 1.29 is 18.8 Å². The number of thiophene rings is 1. The number of pyridine rings is 1. The number of Topliss-reactive ketones (excluding diaryl/α,β-unsaturated/α-hetero) is 1. The first-order chi connectivity index (χ1) is 13.0. The minimum absolute atomic E-state index is 0.243. The van der Waals surface area contributed by atoms with Gasteiger partial charge in [0.1, 0.15) is 10.8 Å². The number of thioether (sulfide) groups is 1. The number of hydrogen-bond donors (Lipinski definition) is 0. The maximum Gasteiger partial charge on any atom is 0.341 e. The lowest BCUT2D eigenvalue weighted by Gasteiger charge is -2.08. The van der Waals surface area contributed by atoms with Crippen LogP contribution in [0.2, 0.25) is 0 Å². The van der Waals surface area contributed by atoms with Gasteiger partial charge in [-0.2, -0.15) is 0 Å². The van der Waals surface area contributed by atoms with Gasteiger partial charge in [0.25, 0.3) is 0 Å². The standard InChI is InChI=1S/C18H15BrN2O4S2/c1-10-13(11(2)25-21-10)9-26-17-12(4-3-7-20-17)18(23)24-8-14(22)15-5-6-16(19)27-15/h3-7H,8-9H2,1-2H3. The van der Waals surface area contributed by atoms with Crippen molar-refractivity contribution in [3.63, 3.8) is 0 Å². The van der Waals surface area contributed by atoms with Crippen LogP contribution in [0.15, 0.2) is 43.8 Å². The summed E-state index contributed by atoms with van der Waals surface area (Å²) in [5, 5.41) is 4.46. The van der Waals surface area contributed by atoms with E-state index < -0.39 is 5.97 Å². The highest BCUT2D eigenvalue weighted by Gasteiger charge is 2.18. The maximum atomic E-state index is 12.4. The van der Waals surface area contributed by atoms with E-state index >= 15 is 0 Å². The number of nitrogens with zero attached hydrogens (tertiary/aromatic N) is 2. The first-order valence-electron chi connectivity index (χ1n) is 7.91. The third kappa shape index (κ3) is 4.85. The van der Waals surface area contributed by atoms with Gasteiger partial charge in [-0.05, 0) is 54.0 Å². The Kier molecular flexibility index (Phi) is 6.46. The van der Waals surface area contributed by atoms with Crippen LogP contribution in [0, 0.1) is 13.8 Å². The molecule has 140 valence electrons. The number of esters is 1. The van der Waals surface area contributed by atoms with Crippen molar-refractivity contribution >= 4 is 50.8 Å². The smallest absolute Gasteiger partial charge is 0.341 e. The summed E-state index contributed by atoms with van der Waals surface area (Å²) in [7, 11) is 0. The average molecular weight is 467 g/mol. The largest absolute Gasteiger partial charge is 0.454 e. The van der Waals surface area contributed by atoms with Crippen molar-refractivity contribution in [2.75, 3.05) is 6.61 Å². The molecule has 0 spiro atoms. The number of carbonyl (C=O) groups is 2. The Bertz CT molecular complexity index is 964. The zero-order valence-electron chi connectivity index (χ0n) is 14.5. The number of ether oxygens (including phenoxy) is 1. The molecule has 0 saturated carbocycles. The number of carbonyl (C=O) groups excluding carboxylic acids is 2. The van der Waals surface area contributed by atoms with Crippen LogP contribution in [0.4, 0.5) is 0 Å². The Morgan fingerprint density at radius 1 is 1.30 bits per heavy atom. The molecule has 0 aromatic carbocycles. The van der Waals surface area contributed by atoms with Crippen LogP contribution in [0.1, 0.15) is 37.0 Å². The first-order valence-corrected chi connectivity index (χ1v) is 10.5. The van der Waals surface area contributed by atoms with Crippen LogP contribution in [-0.4, -0.2) is 28.5 Å². The molecular formula is C18H15BrN2O4S2. The molecule has 9 heteroatoms. The van der Waals surface area contributed by atoms with Gasteiger partial charge in [0, 0.05) is 17.5 Å². The van der Waals surface area contributed by atoms with Crippen molar-refractivity contribution in [3.05, 3.63) is 61.7 Å². The van der Waals surface area contributed by atoms with E-state index in [4.69, 9.17) is 9.26 Å². The summed E-state index contributed by atoms with van der Waals surface area (Å²) in [4.78, 5) is 29.4. The Hall–Kier alpha value is -1.97. The van der Waals surface area contributed by atoms with Gasteiger partial charge in [-0.25, -0.2) is 9.78 Å². The van der Waals surface area contributed by atoms with E-state index in [2.05, 4.69) is 26.1 Å². The SMILES string of the molecule is Cc1noc(C)c1CSc1ncccc1C(=O)OCC(=O)c1ccc(Br)s1. The molecule has 6 nitrogen and oxygen atoms in total. The molecule has 27 heavy (non-hydrogen) atoms. The number of aromatic nitrogens is 2. The maximum absolute atomic E-state index is 12.4. The molecule has 3 aromatic heterocycles. The third-order valence-electron chi connectivity index (χ3n) is 3.71. The quantitative estimate of drug-likeness (QED) is 0.279. The Balaban J connectivity index is 1.65. The van der Waals surface area contributed by atoms with Crippen LogP contribution in [0.5, 0.6) is 0 Å². The molecular weight excluding hydrogens is 452 g/mol. The Morgan fingerprint density at radius 2 is 2.11 bits per heavy atom. The van der Waals surface area contributed by atoms with Crippen molar-refractivity contribution in [3.8, 4) is 0 Å². The lowest BCUT2D eigenvalue weighted by Crippen LogP contribution is -2.14. The summed E-state index contributed by atoms with van der Waals surface area (Å²) < 4.78 is 11.2. The minimum atomic E-state index is -0.576. The zero-order chi connectivity index (χ0) is 19.4. The summed E-state index contributed by atoms with van der Waals surface area (Å²) in [5.74, 6) is 0.495. The molecule has 0 fully saturated rings. The number of ketones is 1. The van der Waals surface area contributed by atoms with Gasteiger partial charge in [0.05, 0.1) is 19.9 Å². The molecule has 0 aliphatic rings. The van der Waals surface area contributed by atoms with Crippen molar-refractivity contribution in [2.45, 2.75) is 24.6 Å². The molecule has 3 heterocycles. The van der Waals surface area contributed by atoms with E-state index in [0.717, 1.165) is 20.8 Å². The van der Waals surface area contributed by atoms with Crippen molar-refractivity contribution in [1.29, 1.82) is 0 Å². The number of hydrogen-bond acceptors (Lipinski definition) is 8. The van der Waals surface area contributed by atoms with Crippen LogP contribution in [-0.2, 0) is 10.5 Å². The topological polar surface area (TPSA) is 82.3 Å². The molecule has 0 radical (unpaired) electrons. The predicted octanol–water partition coefficient (Wildman–Crippen LogP) is 4.84. The van der Waals surface area contributed by atoms with Gasteiger partial charge in [0.15, 0.2) is 6.61 Å². The number of rotatable bonds is 7. The molecule has 0 amide bonds. The molecule has 0 aliphatic carbocycles. The number of aryl methyl sites for hydroxylation is 2. The Morgan fingerprint density at radius 3 is 2.78 bits per heavy atom. The molecule has 3 rings (SSSR count). The van der Waals surface area contributed by atoms with Crippen LogP contribution >= 0.6 is 39.0 Å². The van der Waals surface area contributed by atoms with Gasteiger partial charge >= 0.3 is 5.97 Å². The molecule has 0 N–H and O–H groups in total. The number of halogens is 1. The average Bonchev–Trinajstić information content (AvgIpc) is 3.24. The summed E-state index contributed by atoms with van der Waals surface area (Å²) >= 11 is 6.00. The summed E-state index contributed by atoms with van der Waals surface area (Å²) in [6, 6.07) is 6.77. The predicted molar refractivity (Wildman–Crippen MR) is 106 cm³/mol. The summed E-state index contributed by atoms with van der Waals surface area (Å²) in [5.41, 5.74) is 2.12. The van der Waals surface area contributed by atoms with Crippen LogP contribution in [0.25, 0.3) is 0 Å². The fourth-order valence-corrected chi connectivity index (χ4v) is 4.70. The summed E-state index contributed by atoms with van der Waals surface area (Å²) in [6.45, 7) is 3.40. The fourth-order valence-electron chi connectivity index (χ4n) is 2.25. The second-order valence-corrected chi connectivity index (χ2v) is 8.98. The lowest BCUT2D eigenvalue weighted by molar-refractivity contribution is 0.0471. The second kappa shape index (κ2) is 8.81. The molecule has 0 atom stereocenters. The van der Waals surface area contributed by atoms with E-state index in [1.807, 2.05) is 13.8 Å². The molecule has 3 aromatic rings. The highest BCUT2D eigenvalue weighted by atomic mass is 79.9. The Labute approximate surface area is 172 Å². The highest BCUT2D eigenvalue weighted by Crippen LogP contribution is 2.28. The zero-order valence-corrected chi connectivity index (χ0v) is 17.7. The third-order valence-corrected chi connectivity index (χ3v) is 6.40. The van der Waals surface area contributed by atoms with E-state index in [1.165, 1.54) is 23.1 Å².